The molecular formula is C18H36F3NO2. The molecule has 0 aliphatic rings. The van der Waals surface area contributed by atoms with Gasteiger partial charge in [0.1, 0.15) is 0 Å². The lowest BCUT2D eigenvalue weighted by atomic mass is 10.0. The molecule has 0 saturated carbocycles. The minimum Gasteiger partial charge on any atom is -0.475 e. The molecule has 0 atom stereocenters. The zero-order valence-electron chi connectivity index (χ0n) is 15.2. The summed E-state index contributed by atoms with van der Waals surface area (Å²) in [5.41, 5.74) is 5.47. The number of carboxylic acids is 1. The van der Waals surface area contributed by atoms with E-state index in [0.29, 0.717) is 0 Å². The van der Waals surface area contributed by atoms with E-state index in [4.69, 9.17) is 15.6 Å². The van der Waals surface area contributed by atoms with Gasteiger partial charge in [0.2, 0.25) is 0 Å². The Kier molecular flexibility index (Phi) is 19.7. The molecule has 0 amide bonds. The van der Waals surface area contributed by atoms with Crippen molar-refractivity contribution in [1.82, 2.24) is 0 Å². The quantitative estimate of drug-likeness (QED) is 0.372. The molecule has 0 aromatic rings. The van der Waals surface area contributed by atoms with Crippen molar-refractivity contribution in [2.75, 3.05) is 6.54 Å². The molecule has 3 N–H and O–H groups in total. The molecule has 146 valence electrons. The van der Waals surface area contributed by atoms with Crippen LogP contribution in [-0.4, -0.2) is 23.8 Å². The number of carboxylic acid groups (broad SMARTS) is 1. The Morgan fingerprint density at radius 1 is 0.750 bits per heavy atom. The van der Waals surface area contributed by atoms with Gasteiger partial charge in [-0.25, -0.2) is 4.79 Å². The Morgan fingerprint density at radius 2 is 1.00 bits per heavy atom. The van der Waals surface area contributed by atoms with E-state index >= 15 is 0 Å². The Bertz CT molecular complexity index is 257. The minimum atomic E-state index is -5.08. The molecule has 3 nitrogen and oxygen atoms in total. The van der Waals surface area contributed by atoms with Crippen LogP contribution in [0.3, 0.4) is 0 Å². The average Bonchev–Trinajstić information content (AvgIpc) is 2.51. The van der Waals surface area contributed by atoms with Crippen LogP contribution in [-0.2, 0) is 4.79 Å². The molecule has 6 heteroatoms. The number of aliphatic carboxylic acids is 1. The van der Waals surface area contributed by atoms with Crippen LogP contribution in [0.5, 0.6) is 0 Å². The third-order valence-electron chi connectivity index (χ3n) is 3.80. The van der Waals surface area contributed by atoms with E-state index < -0.39 is 12.1 Å². The second-order valence-electron chi connectivity index (χ2n) is 6.19. The summed E-state index contributed by atoms with van der Waals surface area (Å²) >= 11 is 0. The Labute approximate surface area is 145 Å². The Balaban J connectivity index is 0. The van der Waals surface area contributed by atoms with Gasteiger partial charge in [-0.05, 0) is 13.0 Å². The highest BCUT2D eigenvalue weighted by Crippen LogP contribution is 2.13. The summed E-state index contributed by atoms with van der Waals surface area (Å²) in [6, 6.07) is 0. The molecule has 0 heterocycles. The fraction of sp³-hybridized carbons (Fsp3) is 0.944. The van der Waals surface area contributed by atoms with E-state index in [9.17, 15) is 13.2 Å². The summed E-state index contributed by atoms with van der Waals surface area (Å²) in [6.45, 7) is 3.16. The first-order chi connectivity index (χ1) is 11.4. The first-order valence-corrected chi connectivity index (χ1v) is 9.36. The predicted molar refractivity (Wildman–Crippen MR) is 93.1 cm³/mol. The van der Waals surface area contributed by atoms with Crippen molar-refractivity contribution in [2.24, 2.45) is 5.73 Å². The molecule has 0 aliphatic heterocycles. The van der Waals surface area contributed by atoms with E-state index in [1.165, 1.54) is 89.9 Å². The third-order valence-corrected chi connectivity index (χ3v) is 3.80. The molecule has 0 spiro atoms. The van der Waals surface area contributed by atoms with Crippen LogP contribution in [0.25, 0.3) is 0 Å². The highest BCUT2D eigenvalue weighted by atomic mass is 19.4. The summed E-state index contributed by atoms with van der Waals surface area (Å²) in [6.07, 6.45) is 14.8. The molecule has 0 aliphatic carbocycles. The number of hydrogen-bond donors (Lipinski definition) is 2. The lowest BCUT2D eigenvalue weighted by Crippen LogP contribution is -2.21. The van der Waals surface area contributed by atoms with E-state index in [-0.39, 0.29) is 0 Å². The molecule has 0 rings (SSSR count). The standard InChI is InChI=1S/C16H35N.C2HF3O2/c1-2-3-4-5-6-7-8-9-10-11-12-13-14-15-16-17;3-2(4,5)1(6)7/h2-17H2,1H3;(H,6,7). The van der Waals surface area contributed by atoms with Gasteiger partial charge in [0.05, 0.1) is 0 Å². The van der Waals surface area contributed by atoms with E-state index in [2.05, 4.69) is 6.92 Å². The van der Waals surface area contributed by atoms with E-state index in [1.807, 2.05) is 0 Å². The topological polar surface area (TPSA) is 63.3 Å². The van der Waals surface area contributed by atoms with E-state index in [0.717, 1.165) is 6.54 Å². The van der Waals surface area contributed by atoms with Crippen LogP contribution in [0.4, 0.5) is 13.2 Å². The van der Waals surface area contributed by atoms with Gasteiger partial charge in [-0.2, -0.15) is 13.2 Å². The first kappa shape index (κ1) is 25.5. The largest absolute Gasteiger partial charge is 0.490 e. The van der Waals surface area contributed by atoms with Gasteiger partial charge < -0.3 is 10.8 Å². The number of alkyl halides is 3. The SMILES string of the molecule is CCCCCCCCCCCCCCCCN.O=C(O)C(F)(F)F. The van der Waals surface area contributed by atoms with Crippen molar-refractivity contribution in [3.63, 3.8) is 0 Å². The molecule has 0 unspecified atom stereocenters. The van der Waals surface area contributed by atoms with Gasteiger partial charge in [0.25, 0.3) is 0 Å². The van der Waals surface area contributed by atoms with Gasteiger partial charge in [0, 0.05) is 0 Å². The minimum absolute atomic E-state index is 0.873. The summed E-state index contributed by atoms with van der Waals surface area (Å²) in [5.74, 6) is -2.76. The highest BCUT2D eigenvalue weighted by molar-refractivity contribution is 5.73. The van der Waals surface area contributed by atoms with Crippen LogP contribution in [0.2, 0.25) is 0 Å². The molecule has 0 bridgehead atoms. The van der Waals surface area contributed by atoms with Crippen molar-refractivity contribution in [2.45, 2.75) is 103 Å². The second kappa shape index (κ2) is 18.6. The Morgan fingerprint density at radius 3 is 1.21 bits per heavy atom. The van der Waals surface area contributed by atoms with Gasteiger partial charge in [0.15, 0.2) is 0 Å². The maximum atomic E-state index is 10.6. The maximum absolute atomic E-state index is 10.6. The van der Waals surface area contributed by atoms with Crippen molar-refractivity contribution >= 4 is 5.97 Å². The average molecular weight is 355 g/mol. The number of hydrogen-bond acceptors (Lipinski definition) is 2. The maximum Gasteiger partial charge on any atom is 0.490 e. The molecular weight excluding hydrogens is 319 g/mol. The third kappa shape index (κ3) is 23.5. The fourth-order valence-electron chi connectivity index (χ4n) is 2.34. The molecule has 0 saturated heterocycles. The van der Waals surface area contributed by atoms with Gasteiger partial charge >= 0.3 is 12.1 Å². The number of carbonyl (C=O) groups is 1. The molecule has 0 aromatic carbocycles. The summed E-state index contributed by atoms with van der Waals surface area (Å²) in [5, 5.41) is 7.12. The van der Waals surface area contributed by atoms with Crippen LogP contribution < -0.4 is 5.73 Å². The summed E-state index contributed by atoms with van der Waals surface area (Å²) < 4.78 is 31.7. The molecule has 0 radical (unpaired) electrons. The van der Waals surface area contributed by atoms with Crippen LogP contribution in [0.15, 0.2) is 0 Å². The fourth-order valence-corrected chi connectivity index (χ4v) is 2.34. The number of unbranched alkanes of at least 4 members (excludes halogenated alkanes) is 13. The normalized spacial score (nSPS) is 11.0. The smallest absolute Gasteiger partial charge is 0.475 e. The number of nitrogens with two attached hydrogens (primary N) is 1. The van der Waals surface area contributed by atoms with Crippen LogP contribution >= 0.6 is 0 Å². The van der Waals surface area contributed by atoms with Gasteiger partial charge in [-0.15, -0.1) is 0 Å². The van der Waals surface area contributed by atoms with Gasteiger partial charge in [-0.3, -0.25) is 0 Å². The monoisotopic (exact) mass is 355 g/mol. The lowest BCUT2D eigenvalue weighted by Gasteiger charge is -2.02. The van der Waals surface area contributed by atoms with Crippen molar-refractivity contribution in [3.05, 3.63) is 0 Å². The highest BCUT2D eigenvalue weighted by Gasteiger charge is 2.38. The van der Waals surface area contributed by atoms with Crippen molar-refractivity contribution in [1.29, 1.82) is 0 Å². The molecule has 0 fully saturated rings. The number of rotatable bonds is 14. The Hall–Kier alpha value is -0.780. The number of halogens is 3. The van der Waals surface area contributed by atoms with Crippen LogP contribution in [0, 0.1) is 0 Å². The second-order valence-corrected chi connectivity index (χ2v) is 6.19. The van der Waals surface area contributed by atoms with E-state index in [1.54, 1.807) is 0 Å². The summed E-state index contributed by atoms with van der Waals surface area (Å²) in [4.78, 5) is 8.90. The lowest BCUT2D eigenvalue weighted by molar-refractivity contribution is -0.192. The van der Waals surface area contributed by atoms with Crippen LogP contribution in [0.1, 0.15) is 96.8 Å². The predicted octanol–water partition coefficient (Wildman–Crippen LogP) is 6.06. The van der Waals surface area contributed by atoms with Crippen molar-refractivity contribution in [3.8, 4) is 0 Å². The van der Waals surface area contributed by atoms with Crippen molar-refractivity contribution < 1.29 is 23.1 Å². The summed E-state index contributed by atoms with van der Waals surface area (Å²) in [7, 11) is 0. The first-order valence-electron chi connectivity index (χ1n) is 9.36. The zero-order chi connectivity index (χ0) is 18.7. The van der Waals surface area contributed by atoms with Gasteiger partial charge in [-0.1, -0.05) is 90.4 Å². The zero-order valence-corrected chi connectivity index (χ0v) is 15.2. The molecule has 24 heavy (non-hydrogen) atoms. The molecule has 0 aromatic heterocycles.